The van der Waals surface area contributed by atoms with E-state index in [1.54, 1.807) is 11.3 Å². The van der Waals surface area contributed by atoms with Crippen molar-refractivity contribution in [2.75, 3.05) is 12.4 Å². The second-order valence-corrected chi connectivity index (χ2v) is 5.43. The molecular weight excluding hydrogens is 228 g/mol. The number of aromatic nitrogens is 1. The fourth-order valence-electron chi connectivity index (χ4n) is 1.73. The van der Waals surface area contributed by atoms with Crippen molar-refractivity contribution in [3.63, 3.8) is 0 Å². The Bertz CT molecular complexity index is 471. The maximum atomic E-state index is 4.67. The smallest absolute Gasteiger partial charge is 0.123 e. The van der Waals surface area contributed by atoms with Crippen molar-refractivity contribution >= 4 is 17.0 Å². The van der Waals surface area contributed by atoms with Crippen LogP contribution in [0.1, 0.15) is 19.5 Å². The Morgan fingerprint density at radius 2 is 1.94 bits per heavy atom. The molecule has 90 valence electrons. The van der Waals surface area contributed by atoms with Crippen LogP contribution in [0, 0.1) is 5.92 Å². The van der Waals surface area contributed by atoms with Gasteiger partial charge in [0.05, 0.1) is 5.69 Å². The quantitative estimate of drug-likeness (QED) is 0.880. The van der Waals surface area contributed by atoms with Crippen LogP contribution < -0.4 is 5.32 Å². The van der Waals surface area contributed by atoms with Crippen molar-refractivity contribution in [3.8, 4) is 10.6 Å². The van der Waals surface area contributed by atoms with Crippen LogP contribution in [0.25, 0.3) is 10.6 Å². The Labute approximate surface area is 107 Å². The third-order valence-corrected chi connectivity index (χ3v) is 3.53. The summed E-state index contributed by atoms with van der Waals surface area (Å²) in [4.78, 5) is 4.67. The number of hydrogen-bond donors (Lipinski definition) is 1. The molecule has 0 radical (unpaired) electrons. The second-order valence-electron chi connectivity index (χ2n) is 4.57. The first-order chi connectivity index (χ1) is 8.19. The van der Waals surface area contributed by atoms with E-state index in [0.717, 1.165) is 17.1 Å². The first-order valence-electron chi connectivity index (χ1n) is 5.91. The van der Waals surface area contributed by atoms with Gasteiger partial charge in [0.25, 0.3) is 0 Å². The van der Waals surface area contributed by atoms with E-state index in [1.807, 2.05) is 7.05 Å². The first-order valence-corrected chi connectivity index (χ1v) is 6.79. The fraction of sp³-hybridized carbons (Fsp3) is 0.357. The van der Waals surface area contributed by atoms with Crippen LogP contribution in [-0.2, 0) is 6.42 Å². The van der Waals surface area contributed by atoms with Gasteiger partial charge in [-0.05, 0) is 36.6 Å². The number of hydrogen-bond acceptors (Lipinski definition) is 3. The van der Waals surface area contributed by atoms with E-state index in [1.165, 1.54) is 11.3 Å². The standard InChI is InChI=1S/C14H18N2S/c1-10(2)8-13-9-17-14(16-13)11-4-6-12(15-3)7-5-11/h4-7,9-10,15H,8H2,1-3H3. The van der Waals surface area contributed by atoms with Crippen molar-refractivity contribution in [2.24, 2.45) is 5.92 Å². The molecule has 0 fully saturated rings. The molecule has 0 saturated heterocycles. The minimum Gasteiger partial charge on any atom is -0.388 e. The van der Waals surface area contributed by atoms with E-state index in [9.17, 15) is 0 Å². The van der Waals surface area contributed by atoms with E-state index in [2.05, 4.69) is 53.8 Å². The van der Waals surface area contributed by atoms with Gasteiger partial charge in [0.15, 0.2) is 0 Å². The Morgan fingerprint density at radius 3 is 2.53 bits per heavy atom. The summed E-state index contributed by atoms with van der Waals surface area (Å²) in [7, 11) is 1.93. The number of nitrogens with one attached hydrogen (secondary N) is 1. The summed E-state index contributed by atoms with van der Waals surface area (Å²) in [6, 6.07) is 8.39. The third-order valence-electron chi connectivity index (χ3n) is 2.59. The minimum atomic E-state index is 0.664. The van der Waals surface area contributed by atoms with Crippen molar-refractivity contribution in [3.05, 3.63) is 35.3 Å². The molecule has 0 saturated carbocycles. The minimum absolute atomic E-state index is 0.664. The number of benzene rings is 1. The van der Waals surface area contributed by atoms with E-state index < -0.39 is 0 Å². The summed E-state index contributed by atoms with van der Waals surface area (Å²) in [6.07, 6.45) is 1.06. The van der Waals surface area contributed by atoms with Gasteiger partial charge in [-0.2, -0.15) is 0 Å². The first kappa shape index (κ1) is 12.1. The second kappa shape index (κ2) is 5.32. The lowest BCUT2D eigenvalue weighted by molar-refractivity contribution is 0.638. The lowest BCUT2D eigenvalue weighted by Gasteiger charge is -2.01. The predicted molar refractivity (Wildman–Crippen MR) is 75.6 cm³/mol. The van der Waals surface area contributed by atoms with Gasteiger partial charge in [-0.1, -0.05) is 13.8 Å². The maximum absolute atomic E-state index is 4.67. The Hall–Kier alpha value is -1.35. The molecule has 2 rings (SSSR count). The average Bonchev–Trinajstić information content (AvgIpc) is 2.77. The zero-order valence-corrected chi connectivity index (χ0v) is 11.3. The van der Waals surface area contributed by atoms with Gasteiger partial charge in [0.2, 0.25) is 0 Å². The largest absolute Gasteiger partial charge is 0.388 e. The van der Waals surface area contributed by atoms with E-state index in [-0.39, 0.29) is 0 Å². The monoisotopic (exact) mass is 246 g/mol. The molecule has 0 unspecified atom stereocenters. The van der Waals surface area contributed by atoms with Gasteiger partial charge >= 0.3 is 0 Å². The van der Waals surface area contributed by atoms with Crippen LogP contribution in [0.2, 0.25) is 0 Å². The highest BCUT2D eigenvalue weighted by Crippen LogP contribution is 2.25. The van der Waals surface area contributed by atoms with Gasteiger partial charge in [0.1, 0.15) is 5.01 Å². The van der Waals surface area contributed by atoms with Crippen LogP contribution in [0.3, 0.4) is 0 Å². The SMILES string of the molecule is CNc1ccc(-c2nc(CC(C)C)cs2)cc1. The highest BCUT2D eigenvalue weighted by molar-refractivity contribution is 7.13. The molecule has 2 aromatic rings. The summed E-state index contributed by atoms with van der Waals surface area (Å²) in [6.45, 7) is 4.45. The predicted octanol–water partition coefficient (Wildman–Crippen LogP) is 4.05. The van der Waals surface area contributed by atoms with Crippen LogP contribution in [0.4, 0.5) is 5.69 Å². The van der Waals surface area contributed by atoms with Crippen LogP contribution >= 0.6 is 11.3 Å². The lowest BCUT2D eigenvalue weighted by Crippen LogP contribution is -1.93. The molecule has 17 heavy (non-hydrogen) atoms. The highest BCUT2D eigenvalue weighted by atomic mass is 32.1. The maximum Gasteiger partial charge on any atom is 0.123 e. The van der Waals surface area contributed by atoms with Crippen molar-refractivity contribution in [2.45, 2.75) is 20.3 Å². The summed E-state index contributed by atoms with van der Waals surface area (Å²) in [5.41, 5.74) is 3.54. The molecule has 1 heterocycles. The molecule has 1 aromatic heterocycles. The van der Waals surface area contributed by atoms with Crippen LogP contribution in [0.5, 0.6) is 0 Å². The highest BCUT2D eigenvalue weighted by Gasteiger charge is 2.06. The topological polar surface area (TPSA) is 24.9 Å². The summed E-state index contributed by atoms with van der Waals surface area (Å²) in [5.74, 6) is 0.664. The van der Waals surface area contributed by atoms with Gasteiger partial charge in [-0.25, -0.2) is 4.98 Å². The Morgan fingerprint density at radius 1 is 1.24 bits per heavy atom. The molecule has 0 aliphatic carbocycles. The molecule has 0 aliphatic heterocycles. The molecule has 0 aliphatic rings. The van der Waals surface area contributed by atoms with Crippen LogP contribution in [-0.4, -0.2) is 12.0 Å². The number of nitrogens with zero attached hydrogens (tertiary/aromatic N) is 1. The molecule has 3 heteroatoms. The fourth-order valence-corrected chi connectivity index (χ4v) is 2.57. The van der Waals surface area contributed by atoms with Crippen molar-refractivity contribution in [1.82, 2.24) is 4.98 Å². The van der Waals surface area contributed by atoms with Crippen molar-refractivity contribution < 1.29 is 0 Å². The van der Waals surface area contributed by atoms with Gasteiger partial charge in [-0.15, -0.1) is 11.3 Å². The van der Waals surface area contributed by atoms with E-state index in [0.29, 0.717) is 5.92 Å². The molecule has 0 spiro atoms. The average molecular weight is 246 g/mol. The number of anilines is 1. The van der Waals surface area contributed by atoms with Gasteiger partial charge in [0, 0.05) is 23.7 Å². The normalized spacial score (nSPS) is 10.8. The number of rotatable bonds is 4. The number of thiazole rings is 1. The molecule has 1 N–H and O–H groups in total. The Kier molecular flexibility index (Phi) is 3.79. The molecule has 0 atom stereocenters. The van der Waals surface area contributed by atoms with Crippen molar-refractivity contribution in [1.29, 1.82) is 0 Å². The molecule has 1 aromatic carbocycles. The summed E-state index contributed by atoms with van der Waals surface area (Å²) in [5, 5.41) is 6.40. The molecule has 0 bridgehead atoms. The van der Waals surface area contributed by atoms with Gasteiger partial charge < -0.3 is 5.32 Å². The molecule has 2 nitrogen and oxygen atoms in total. The third kappa shape index (κ3) is 3.07. The van der Waals surface area contributed by atoms with E-state index in [4.69, 9.17) is 0 Å². The molecule has 0 amide bonds. The zero-order valence-electron chi connectivity index (χ0n) is 10.5. The lowest BCUT2D eigenvalue weighted by atomic mass is 10.1. The molecular formula is C14H18N2S. The zero-order chi connectivity index (χ0) is 12.3. The Balaban J connectivity index is 2.18. The summed E-state index contributed by atoms with van der Waals surface area (Å²) >= 11 is 1.73. The van der Waals surface area contributed by atoms with Gasteiger partial charge in [-0.3, -0.25) is 0 Å². The van der Waals surface area contributed by atoms with Crippen LogP contribution in [0.15, 0.2) is 29.6 Å². The summed E-state index contributed by atoms with van der Waals surface area (Å²) < 4.78 is 0. The van der Waals surface area contributed by atoms with E-state index >= 15 is 0 Å².